The van der Waals surface area contributed by atoms with E-state index in [-0.39, 0.29) is 29.8 Å². The molecule has 0 saturated heterocycles. The van der Waals surface area contributed by atoms with Gasteiger partial charge >= 0.3 is 0 Å². The number of rotatable bonds is 6. The highest BCUT2D eigenvalue weighted by Crippen LogP contribution is 2.25. The summed E-state index contributed by atoms with van der Waals surface area (Å²) in [5.41, 5.74) is 6.42. The second-order valence-corrected chi connectivity index (χ2v) is 8.13. The van der Waals surface area contributed by atoms with E-state index in [0.717, 1.165) is 12.8 Å². The number of carbonyl (C=O) groups is 2. The molecule has 1 aliphatic rings. The van der Waals surface area contributed by atoms with Crippen LogP contribution in [-0.4, -0.2) is 34.1 Å². The van der Waals surface area contributed by atoms with Gasteiger partial charge in [0.15, 0.2) is 0 Å². The van der Waals surface area contributed by atoms with E-state index in [9.17, 15) is 14.0 Å². The quantitative estimate of drug-likeness (QED) is 0.672. The maximum atomic E-state index is 13.0. The fourth-order valence-corrected chi connectivity index (χ4v) is 3.32. The molecule has 6 nitrogen and oxygen atoms in total. The SMILES string of the molecule is CC(C)(CCO)NC(=O)C1CCCC1.NC(=O)c1ccc(-c2cccc(F)c2)nc1. The molecule has 0 aliphatic heterocycles. The summed E-state index contributed by atoms with van der Waals surface area (Å²) in [7, 11) is 0. The number of nitrogens with two attached hydrogens (primary N) is 1. The number of primary amides is 1. The lowest BCUT2D eigenvalue weighted by Gasteiger charge is -2.27. The van der Waals surface area contributed by atoms with Crippen LogP contribution < -0.4 is 11.1 Å². The Balaban J connectivity index is 0.000000216. The smallest absolute Gasteiger partial charge is 0.250 e. The summed E-state index contributed by atoms with van der Waals surface area (Å²) in [5.74, 6) is -0.467. The molecule has 2 aromatic rings. The zero-order valence-corrected chi connectivity index (χ0v) is 17.5. The van der Waals surface area contributed by atoms with Crippen molar-refractivity contribution >= 4 is 11.8 Å². The molecule has 1 aliphatic carbocycles. The summed E-state index contributed by atoms with van der Waals surface area (Å²) in [6.45, 7) is 4.03. The van der Waals surface area contributed by atoms with E-state index in [2.05, 4.69) is 10.3 Å². The third-order valence-corrected chi connectivity index (χ3v) is 5.09. The molecule has 30 heavy (non-hydrogen) atoms. The van der Waals surface area contributed by atoms with Crippen molar-refractivity contribution in [1.29, 1.82) is 0 Å². The molecule has 0 spiro atoms. The van der Waals surface area contributed by atoms with Gasteiger partial charge in [-0.25, -0.2) is 4.39 Å². The number of nitrogens with one attached hydrogen (secondary N) is 1. The third kappa shape index (κ3) is 7.22. The fourth-order valence-electron chi connectivity index (χ4n) is 3.32. The monoisotopic (exact) mass is 415 g/mol. The summed E-state index contributed by atoms with van der Waals surface area (Å²) in [6.07, 6.45) is 6.41. The molecule has 0 radical (unpaired) electrons. The fraction of sp³-hybridized carbons (Fsp3) is 0.435. The predicted octanol–water partition coefficient (Wildman–Crippen LogP) is 3.44. The van der Waals surface area contributed by atoms with Gasteiger partial charge < -0.3 is 16.2 Å². The Labute approximate surface area is 176 Å². The second kappa shape index (κ2) is 10.8. The average Bonchev–Trinajstić information content (AvgIpc) is 3.23. The third-order valence-electron chi connectivity index (χ3n) is 5.09. The molecule has 4 N–H and O–H groups in total. The van der Waals surface area contributed by atoms with Crippen LogP contribution in [0.1, 0.15) is 56.3 Å². The number of aliphatic hydroxyl groups is 1. The number of nitrogens with zero attached hydrogens (tertiary/aromatic N) is 1. The van der Waals surface area contributed by atoms with Crippen LogP contribution in [0.5, 0.6) is 0 Å². The molecule has 1 saturated carbocycles. The molecule has 7 heteroatoms. The number of hydrogen-bond acceptors (Lipinski definition) is 4. The van der Waals surface area contributed by atoms with Crippen molar-refractivity contribution in [1.82, 2.24) is 10.3 Å². The van der Waals surface area contributed by atoms with Crippen LogP contribution >= 0.6 is 0 Å². The van der Waals surface area contributed by atoms with Gasteiger partial charge in [-0.05, 0) is 57.4 Å². The minimum atomic E-state index is -0.529. The Morgan fingerprint density at radius 3 is 2.47 bits per heavy atom. The van der Waals surface area contributed by atoms with E-state index in [1.807, 2.05) is 13.8 Å². The standard InChI is InChI=1S/C12H9FN2O.C11H21NO2/c13-10-3-1-2-8(6-10)11-5-4-9(7-15-11)12(14)16;1-11(2,7-8-13)12-10(14)9-5-3-4-6-9/h1-7H,(H2,14,16);9,13H,3-8H2,1-2H3,(H,12,14). The van der Waals surface area contributed by atoms with E-state index in [1.54, 1.807) is 24.3 Å². The van der Waals surface area contributed by atoms with Crippen molar-refractivity contribution in [2.75, 3.05) is 6.61 Å². The first-order valence-corrected chi connectivity index (χ1v) is 10.2. The maximum Gasteiger partial charge on any atom is 0.250 e. The predicted molar refractivity (Wildman–Crippen MR) is 114 cm³/mol. The number of carbonyl (C=O) groups excluding carboxylic acids is 2. The van der Waals surface area contributed by atoms with E-state index in [4.69, 9.17) is 10.8 Å². The number of benzene rings is 1. The highest BCUT2D eigenvalue weighted by atomic mass is 19.1. The number of aliphatic hydroxyl groups excluding tert-OH is 1. The highest BCUT2D eigenvalue weighted by Gasteiger charge is 2.27. The maximum absolute atomic E-state index is 13.0. The summed E-state index contributed by atoms with van der Waals surface area (Å²) in [4.78, 5) is 26.6. The lowest BCUT2D eigenvalue weighted by atomic mass is 9.99. The molecule has 0 atom stereocenters. The van der Waals surface area contributed by atoms with Gasteiger partial charge in [0.2, 0.25) is 11.8 Å². The zero-order valence-electron chi connectivity index (χ0n) is 17.5. The van der Waals surface area contributed by atoms with E-state index < -0.39 is 5.91 Å². The van der Waals surface area contributed by atoms with Gasteiger partial charge in [0, 0.05) is 29.8 Å². The van der Waals surface area contributed by atoms with Gasteiger partial charge in [-0.15, -0.1) is 0 Å². The average molecular weight is 416 g/mol. The molecule has 1 aromatic heterocycles. The van der Waals surface area contributed by atoms with Crippen LogP contribution in [0.15, 0.2) is 42.6 Å². The van der Waals surface area contributed by atoms with Crippen molar-refractivity contribution in [3.05, 3.63) is 54.0 Å². The summed E-state index contributed by atoms with van der Waals surface area (Å²) in [5, 5.41) is 11.8. The van der Waals surface area contributed by atoms with Crippen molar-refractivity contribution < 1.29 is 19.1 Å². The van der Waals surface area contributed by atoms with Gasteiger partial charge in [0.05, 0.1) is 11.3 Å². The first-order chi connectivity index (χ1) is 14.2. The van der Waals surface area contributed by atoms with Crippen molar-refractivity contribution in [2.24, 2.45) is 11.7 Å². The van der Waals surface area contributed by atoms with Gasteiger partial charge in [0.25, 0.3) is 0 Å². The normalized spacial score (nSPS) is 14.0. The first kappa shape index (κ1) is 23.5. The molecule has 2 amide bonds. The second-order valence-electron chi connectivity index (χ2n) is 8.13. The Hall–Kier alpha value is -2.80. The molecule has 0 bridgehead atoms. The van der Waals surface area contributed by atoms with E-state index >= 15 is 0 Å². The van der Waals surface area contributed by atoms with Crippen molar-refractivity contribution in [3.8, 4) is 11.3 Å². The number of halogens is 1. The lowest BCUT2D eigenvalue weighted by molar-refractivity contribution is -0.126. The van der Waals surface area contributed by atoms with Crippen LogP contribution in [0.4, 0.5) is 4.39 Å². The van der Waals surface area contributed by atoms with Crippen LogP contribution in [0.3, 0.4) is 0 Å². The number of hydrogen-bond donors (Lipinski definition) is 3. The van der Waals surface area contributed by atoms with Gasteiger partial charge in [0.1, 0.15) is 5.82 Å². The van der Waals surface area contributed by atoms with Crippen LogP contribution in [-0.2, 0) is 4.79 Å². The highest BCUT2D eigenvalue weighted by molar-refractivity contribution is 5.92. The Morgan fingerprint density at radius 2 is 1.93 bits per heavy atom. The molecule has 162 valence electrons. The molecule has 0 unspecified atom stereocenters. The van der Waals surface area contributed by atoms with Crippen LogP contribution in [0, 0.1) is 11.7 Å². The molecular formula is C23H30FN3O3. The van der Waals surface area contributed by atoms with Gasteiger partial charge in [-0.2, -0.15) is 0 Å². The number of aromatic nitrogens is 1. The summed E-state index contributed by atoms with van der Waals surface area (Å²) < 4.78 is 13.0. The van der Waals surface area contributed by atoms with Crippen LogP contribution in [0.25, 0.3) is 11.3 Å². The Morgan fingerprint density at radius 1 is 1.23 bits per heavy atom. The van der Waals surface area contributed by atoms with E-state index in [1.165, 1.54) is 31.2 Å². The molecular weight excluding hydrogens is 385 g/mol. The lowest BCUT2D eigenvalue weighted by Crippen LogP contribution is -2.46. The molecule has 1 aromatic carbocycles. The van der Waals surface area contributed by atoms with E-state index in [0.29, 0.717) is 23.2 Å². The first-order valence-electron chi connectivity index (χ1n) is 10.2. The molecule has 3 rings (SSSR count). The number of pyridine rings is 1. The van der Waals surface area contributed by atoms with Gasteiger partial charge in [-0.1, -0.05) is 25.0 Å². The topological polar surface area (TPSA) is 105 Å². The number of amides is 2. The van der Waals surface area contributed by atoms with Gasteiger partial charge in [-0.3, -0.25) is 14.6 Å². The Kier molecular flexibility index (Phi) is 8.47. The van der Waals surface area contributed by atoms with Crippen molar-refractivity contribution in [3.63, 3.8) is 0 Å². The molecule has 1 fully saturated rings. The Bertz CT molecular complexity index is 847. The van der Waals surface area contributed by atoms with Crippen LogP contribution in [0.2, 0.25) is 0 Å². The zero-order chi connectivity index (χ0) is 22.1. The summed E-state index contributed by atoms with van der Waals surface area (Å²) >= 11 is 0. The van der Waals surface area contributed by atoms with Crippen molar-refractivity contribution in [2.45, 2.75) is 51.5 Å². The molecule has 1 heterocycles. The minimum absolute atomic E-state index is 0.123. The minimum Gasteiger partial charge on any atom is -0.396 e. The largest absolute Gasteiger partial charge is 0.396 e. The summed E-state index contributed by atoms with van der Waals surface area (Å²) in [6, 6.07) is 9.29.